The Hall–Kier alpha value is -0.570. The number of aliphatic hydroxyl groups is 2. The summed E-state index contributed by atoms with van der Waals surface area (Å²) in [7, 11) is 0. The van der Waals surface area contributed by atoms with Gasteiger partial charge in [0.15, 0.2) is 0 Å². The molecular weight excluding hydrogens is 200 g/mol. The SMILES string of the molecule is OCC[C@](O)(CCCl)c1ccccc1. The fraction of sp³-hybridized carbons (Fsp3) is 0.455. The number of hydrogen-bond acceptors (Lipinski definition) is 2. The highest BCUT2D eigenvalue weighted by Gasteiger charge is 2.27. The monoisotopic (exact) mass is 214 g/mol. The second-order valence-corrected chi connectivity index (χ2v) is 3.69. The van der Waals surface area contributed by atoms with Crippen LogP contribution in [0.5, 0.6) is 0 Å². The zero-order valence-corrected chi connectivity index (χ0v) is 8.74. The fourth-order valence-corrected chi connectivity index (χ4v) is 1.82. The molecule has 14 heavy (non-hydrogen) atoms. The Morgan fingerprint density at radius 3 is 2.29 bits per heavy atom. The van der Waals surface area contributed by atoms with E-state index in [-0.39, 0.29) is 6.61 Å². The lowest BCUT2D eigenvalue weighted by atomic mass is 9.88. The van der Waals surface area contributed by atoms with Crippen molar-refractivity contribution in [2.75, 3.05) is 12.5 Å². The molecule has 2 nitrogen and oxygen atoms in total. The summed E-state index contributed by atoms with van der Waals surface area (Å²) >= 11 is 5.63. The van der Waals surface area contributed by atoms with Crippen molar-refractivity contribution < 1.29 is 10.2 Å². The summed E-state index contributed by atoms with van der Waals surface area (Å²) in [5.41, 5.74) is -0.174. The van der Waals surface area contributed by atoms with Crippen molar-refractivity contribution >= 4 is 11.6 Å². The molecule has 1 rings (SSSR count). The molecule has 0 aromatic heterocycles. The fourth-order valence-electron chi connectivity index (χ4n) is 1.50. The first-order valence-corrected chi connectivity index (χ1v) is 5.21. The Morgan fingerprint density at radius 2 is 1.79 bits per heavy atom. The first kappa shape index (κ1) is 11.5. The third-order valence-electron chi connectivity index (χ3n) is 2.34. The molecule has 0 fully saturated rings. The van der Waals surface area contributed by atoms with Gasteiger partial charge in [0, 0.05) is 18.9 Å². The molecule has 1 atom stereocenters. The van der Waals surface area contributed by atoms with E-state index in [1.54, 1.807) is 0 Å². The lowest BCUT2D eigenvalue weighted by molar-refractivity contribution is 0.00861. The molecule has 0 heterocycles. The number of aliphatic hydroxyl groups excluding tert-OH is 1. The minimum absolute atomic E-state index is 0.0394. The average molecular weight is 215 g/mol. The third kappa shape index (κ3) is 2.71. The standard InChI is InChI=1S/C11H15ClO2/c12-8-6-11(14,7-9-13)10-4-2-1-3-5-10/h1-5,13-14H,6-9H2/t11-/m1/s1. The van der Waals surface area contributed by atoms with Crippen LogP contribution in [0.3, 0.4) is 0 Å². The van der Waals surface area contributed by atoms with E-state index in [0.29, 0.717) is 18.7 Å². The van der Waals surface area contributed by atoms with Crippen molar-refractivity contribution in [3.63, 3.8) is 0 Å². The lowest BCUT2D eigenvalue weighted by Crippen LogP contribution is -2.27. The van der Waals surface area contributed by atoms with Gasteiger partial charge in [-0.2, -0.15) is 0 Å². The molecule has 0 unspecified atom stereocenters. The number of rotatable bonds is 5. The van der Waals surface area contributed by atoms with E-state index < -0.39 is 5.60 Å². The molecule has 0 aliphatic heterocycles. The quantitative estimate of drug-likeness (QED) is 0.735. The zero-order valence-electron chi connectivity index (χ0n) is 7.99. The Bertz CT molecular complexity index is 255. The maximum Gasteiger partial charge on any atom is 0.0929 e. The molecule has 2 N–H and O–H groups in total. The van der Waals surface area contributed by atoms with Crippen LogP contribution >= 0.6 is 11.6 Å². The highest BCUT2D eigenvalue weighted by molar-refractivity contribution is 6.17. The van der Waals surface area contributed by atoms with Crippen LogP contribution in [0.25, 0.3) is 0 Å². The molecule has 0 amide bonds. The minimum atomic E-state index is -0.988. The number of benzene rings is 1. The zero-order chi connectivity index (χ0) is 10.4. The first-order valence-electron chi connectivity index (χ1n) is 4.67. The summed E-state index contributed by atoms with van der Waals surface area (Å²) in [6.45, 7) is -0.0394. The van der Waals surface area contributed by atoms with Gasteiger partial charge in [-0.15, -0.1) is 11.6 Å². The summed E-state index contributed by atoms with van der Waals surface area (Å²) in [6, 6.07) is 9.33. The van der Waals surface area contributed by atoms with Crippen LogP contribution in [-0.4, -0.2) is 22.7 Å². The van der Waals surface area contributed by atoms with Crippen molar-refractivity contribution in [2.45, 2.75) is 18.4 Å². The van der Waals surface area contributed by atoms with E-state index in [4.69, 9.17) is 16.7 Å². The van der Waals surface area contributed by atoms with Gasteiger partial charge in [-0.25, -0.2) is 0 Å². The van der Waals surface area contributed by atoms with Crippen LogP contribution in [0.1, 0.15) is 18.4 Å². The molecule has 0 radical (unpaired) electrons. The van der Waals surface area contributed by atoms with Crippen molar-refractivity contribution in [2.24, 2.45) is 0 Å². The van der Waals surface area contributed by atoms with E-state index in [2.05, 4.69) is 0 Å². The molecule has 3 heteroatoms. The van der Waals surface area contributed by atoms with E-state index in [9.17, 15) is 5.11 Å². The highest BCUT2D eigenvalue weighted by atomic mass is 35.5. The Balaban J connectivity index is 2.87. The van der Waals surface area contributed by atoms with Crippen molar-refractivity contribution in [3.8, 4) is 0 Å². The summed E-state index contributed by atoms with van der Waals surface area (Å²) in [5, 5.41) is 19.1. The van der Waals surface area contributed by atoms with Crippen molar-refractivity contribution in [1.29, 1.82) is 0 Å². The van der Waals surface area contributed by atoms with Gasteiger partial charge < -0.3 is 10.2 Å². The van der Waals surface area contributed by atoms with Crippen LogP contribution in [0, 0.1) is 0 Å². The summed E-state index contributed by atoms with van der Waals surface area (Å²) in [6.07, 6.45) is 0.781. The Morgan fingerprint density at radius 1 is 1.14 bits per heavy atom. The number of hydrogen-bond donors (Lipinski definition) is 2. The molecule has 1 aromatic rings. The van der Waals surface area contributed by atoms with Crippen LogP contribution in [0.2, 0.25) is 0 Å². The first-order chi connectivity index (χ1) is 6.73. The maximum absolute atomic E-state index is 10.2. The Kier molecular flexibility index (Phi) is 4.39. The van der Waals surface area contributed by atoms with E-state index >= 15 is 0 Å². The third-order valence-corrected chi connectivity index (χ3v) is 2.53. The highest BCUT2D eigenvalue weighted by Crippen LogP contribution is 2.28. The van der Waals surface area contributed by atoms with Gasteiger partial charge in [0.25, 0.3) is 0 Å². The summed E-state index contributed by atoms with van der Waals surface area (Å²) in [4.78, 5) is 0. The van der Waals surface area contributed by atoms with E-state index in [1.807, 2.05) is 30.3 Å². The van der Waals surface area contributed by atoms with Crippen LogP contribution in [0.4, 0.5) is 0 Å². The normalized spacial score (nSPS) is 15.1. The topological polar surface area (TPSA) is 40.5 Å². The van der Waals surface area contributed by atoms with E-state index in [1.165, 1.54) is 0 Å². The average Bonchev–Trinajstić information content (AvgIpc) is 2.20. The molecule has 0 aliphatic rings. The van der Waals surface area contributed by atoms with Gasteiger partial charge >= 0.3 is 0 Å². The van der Waals surface area contributed by atoms with Gasteiger partial charge in [-0.1, -0.05) is 30.3 Å². The van der Waals surface area contributed by atoms with Crippen LogP contribution < -0.4 is 0 Å². The molecular formula is C11H15ClO2. The number of alkyl halides is 1. The Labute approximate surface area is 89.1 Å². The maximum atomic E-state index is 10.2. The van der Waals surface area contributed by atoms with E-state index in [0.717, 1.165) is 5.56 Å². The summed E-state index contributed by atoms with van der Waals surface area (Å²) in [5.74, 6) is 0.380. The minimum Gasteiger partial charge on any atom is -0.396 e. The van der Waals surface area contributed by atoms with Crippen LogP contribution in [-0.2, 0) is 5.60 Å². The smallest absolute Gasteiger partial charge is 0.0929 e. The van der Waals surface area contributed by atoms with Gasteiger partial charge in [0.05, 0.1) is 5.60 Å². The van der Waals surface area contributed by atoms with Crippen LogP contribution in [0.15, 0.2) is 30.3 Å². The molecule has 0 saturated carbocycles. The second kappa shape index (κ2) is 5.35. The lowest BCUT2D eigenvalue weighted by Gasteiger charge is -2.27. The molecule has 0 spiro atoms. The molecule has 0 bridgehead atoms. The number of halogens is 1. The van der Waals surface area contributed by atoms with Gasteiger partial charge in [-0.05, 0) is 12.0 Å². The predicted molar refractivity (Wildman–Crippen MR) is 57.4 cm³/mol. The molecule has 0 aliphatic carbocycles. The molecule has 78 valence electrons. The predicted octanol–water partition coefficient (Wildman–Crippen LogP) is 1.89. The van der Waals surface area contributed by atoms with Gasteiger partial charge in [0.2, 0.25) is 0 Å². The molecule has 1 aromatic carbocycles. The van der Waals surface area contributed by atoms with Gasteiger partial charge in [0.1, 0.15) is 0 Å². The van der Waals surface area contributed by atoms with Crippen molar-refractivity contribution in [1.82, 2.24) is 0 Å². The molecule has 0 saturated heterocycles. The second-order valence-electron chi connectivity index (χ2n) is 3.31. The summed E-state index contributed by atoms with van der Waals surface area (Å²) < 4.78 is 0. The van der Waals surface area contributed by atoms with Crippen molar-refractivity contribution in [3.05, 3.63) is 35.9 Å². The largest absolute Gasteiger partial charge is 0.396 e. The van der Waals surface area contributed by atoms with Gasteiger partial charge in [-0.3, -0.25) is 0 Å².